The van der Waals surface area contributed by atoms with E-state index in [1.165, 1.54) is 0 Å². The van der Waals surface area contributed by atoms with Crippen LogP contribution in [-0.4, -0.2) is 25.5 Å². The molecule has 1 amide bonds. The molecule has 1 aromatic carbocycles. The van der Waals surface area contributed by atoms with E-state index in [-0.39, 0.29) is 0 Å². The van der Waals surface area contributed by atoms with E-state index in [9.17, 15) is 18.0 Å². The van der Waals surface area contributed by atoms with Crippen LogP contribution in [0, 0.1) is 13.8 Å². The van der Waals surface area contributed by atoms with Crippen molar-refractivity contribution in [2.75, 3.05) is 5.32 Å². The number of hydrogen-bond acceptors (Lipinski definition) is 3. The molecule has 1 N–H and O–H groups in total. The number of hydrogen-bond donors (Lipinski definition) is 1. The molecule has 148 valence electrons. The van der Waals surface area contributed by atoms with Crippen LogP contribution >= 0.6 is 11.6 Å². The van der Waals surface area contributed by atoms with E-state index in [0.717, 1.165) is 24.0 Å². The van der Waals surface area contributed by atoms with Gasteiger partial charge in [0, 0.05) is 18.4 Å². The monoisotopic (exact) mass is 411 g/mol. The Kier molecular flexibility index (Phi) is 5.20. The average molecular weight is 412 g/mol. The van der Waals surface area contributed by atoms with Gasteiger partial charge in [-0.1, -0.05) is 23.7 Å². The van der Waals surface area contributed by atoms with Crippen LogP contribution in [0.4, 0.5) is 18.9 Å². The molecular weight excluding hydrogens is 395 g/mol. The molecule has 0 aliphatic heterocycles. The first kappa shape index (κ1) is 19.9. The molecule has 0 bridgehead atoms. The molecule has 0 saturated heterocycles. The predicted molar refractivity (Wildman–Crippen MR) is 98.4 cm³/mol. The van der Waals surface area contributed by atoms with E-state index >= 15 is 0 Å². The molecule has 0 aliphatic rings. The molecule has 0 spiro atoms. The third kappa shape index (κ3) is 4.04. The highest BCUT2D eigenvalue weighted by atomic mass is 35.5. The lowest BCUT2D eigenvalue weighted by Crippen LogP contribution is -2.14. The number of aromatic nitrogens is 4. The Morgan fingerprint density at radius 3 is 2.50 bits per heavy atom. The second-order valence-corrected chi connectivity index (χ2v) is 6.75. The molecule has 2 heterocycles. The minimum Gasteiger partial charge on any atom is -0.321 e. The van der Waals surface area contributed by atoms with Crippen molar-refractivity contribution < 1.29 is 18.0 Å². The molecule has 0 unspecified atom stereocenters. The maximum Gasteiger partial charge on any atom is 0.434 e. The summed E-state index contributed by atoms with van der Waals surface area (Å²) in [7, 11) is 1.08. The van der Waals surface area contributed by atoms with Crippen LogP contribution in [-0.2, 0) is 19.8 Å². The lowest BCUT2D eigenvalue weighted by Gasteiger charge is -2.08. The highest BCUT2D eigenvalue weighted by molar-refractivity contribution is 6.34. The minimum absolute atomic E-state index is 0.416. The van der Waals surface area contributed by atoms with Crippen molar-refractivity contribution in [2.24, 2.45) is 7.05 Å². The fraction of sp³-hybridized carbons (Fsp3) is 0.278. The van der Waals surface area contributed by atoms with Crippen LogP contribution in [0.1, 0.15) is 33.1 Å². The van der Waals surface area contributed by atoms with Crippen molar-refractivity contribution in [3.8, 4) is 0 Å². The lowest BCUT2D eigenvalue weighted by molar-refractivity contribution is -0.143. The Bertz CT molecular complexity index is 1040. The number of carbonyl (C=O) groups is 1. The van der Waals surface area contributed by atoms with E-state index in [4.69, 9.17) is 11.6 Å². The number of anilines is 1. The van der Waals surface area contributed by atoms with Crippen molar-refractivity contribution in [2.45, 2.75) is 26.6 Å². The Hall–Kier alpha value is -2.81. The normalized spacial score (nSPS) is 11.7. The molecule has 0 radical (unpaired) electrons. The molecular formula is C18H17ClF3N5O. The van der Waals surface area contributed by atoms with Crippen molar-refractivity contribution >= 4 is 23.2 Å². The van der Waals surface area contributed by atoms with E-state index < -0.39 is 28.5 Å². The van der Waals surface area contributed by atoms with Crippen LogP contribution < -0.4 is 5.32 Å². The number of aryl methyl sites for hydroxylation is 3. The maximum atomic E-state index is 13.0. The molecule has 3 rings (SSSR count). The van der Waals surface area contributed by atoms with Crippen molar-refractivity contribution in [1.82, 2.24) is 19.6 Å². The Morgan fingerprint density at radius 1 is 1.21 bits per heavy atom. The van der Waals surface area contributed by atoms with Crippen molar-refractivity contribution in [1.29, 1.82) is 0 Å². The van der Waals surface area contributed by atoms with Gasteiger partial charge in [-0.15, -0.1) is 0 Å². The van der Waals surface area contributed by atoms with E-state index in [2.05, 4.69) is 15.5 Å². The first-order chi connectivity index (χ1) is 13.1. The van der Waals surface area contributed by atoms with Gasteiger partial charge in [-0.2, -0.15) is 23.4 Å². The number of nitrogens with one attached hydrogen (secondary N) is 1. The molecule has 6 nitrogen and oxygen atoms in total. The summed E-state index contributed by atoms with van der Waals surface area (Å²) in [6.45, 7) is 4.32. The smallest absolute Gasteiger partial charge is 0.321 e. The zero-order valence-electron chi connectivity index (χ0n) is 15.3. The van der Waals surface area contributed by atoms with Gasteiger partial charge in [0.05, 0.1) is 12.2 Å². The third-order valence-electron chi connectivity index (χ3n) is 4.09. The number of amides is 1. The Labute approximate surface area is 163 Å². The SMILES string of the molecule is Cc1cc(C)n(Cc2cccc(NC(=O)c3nn(C)c(C(F)(F)F)c3Cl)c2)n1. The van der Waals surface area contributed by atoms with Crippen molar-refractivity contribution in [3.63, 3.8) is 0 Å². The Balaban J connectivity index is 1.81. The summed E-state index contributed by atoms with van der Waals surface area (Å²) >= 11 is 5.76. The summed E-state index contributed by atoms with van der Waals surface area (Å²) in [4.78, 5) is 12.4. The van der Waals surface area contributed by atoms with E-state index in [0.29, 0.717) is 16.9 Å². The first-order valence-electron chi connectivity index (χ1n) is 8.27. The van der Waals surface area contributed by atoms with Gasteiger partial charge in [-0.3, -0.25) is 14.2 Å². The van der Waals surface area contributed by atoms with Crippen LogP contribution in [0.15, 0.2) is 30.3 Å². The van der Waals surface area contributed by atoms with E-state index in [1.54, 1.807) is 18.2 Å². The summed E-state index contributed by atoms with van der Waals surface area (Å²) in [5.41, 5.74) is 1.52. The molecule has 2 aromatic heterocycles. The lowest BCUT2D eigenvalue weighted by atomic mass is 10.2. The standard InChI is InChI=1S/C18H17ClF3N5O/c1-10-7-11(2)27(24-10)9-12-5-4-6-13(8-12)23-17(28)15-14(19)16(18(20,21)22)26(3)25-15/h4-8H,9H2,1-3H3,(H,23,28). The number of benzene rings is 1. The molecule has 28 heavy (non-hydrogen) atoms. The first-order valence-corrected chi connectivity index (χ1v) is 8.65. The average Bonchev–Trinajstić information content (AvgIpc) is 3.05. The quantitative estimate of drug-likeness (QED) is 0.699. The third-order valence-corrected chi connectivity index (χ3v) is 4.45. The fourth-order valence-corrected chi connectivity index (χ4v) is 3.25. The highest BCUT2D eigenvalue weighted by Crippen LogP contribution is 2.36. The van der Waals surface area contributed by atoms with Crippen molar-refractivity contribution in [3.05, 3.63) is 63.7 Å². The number of alkyl halides is 3. The number of halogens is 4. The molecule has 0 saturated carbocycles. The molecule has 0 fully saturated rings. The molecule has 10 heteroatoms. The van der Waals surface area contributed by atoms with Gasteiger partial charge in [-0.05, 0) is 37.6 Å². The molecule has 0 aliphatic carbocycles. The summed E-state index contributed by atoms with van der Waals surface area (Å²) in [5.74, 6) is -0.820. The zero-order chi connectivity index (χ0) is 20.6. The second kappa shape index (κ2) is 7.31. The zero-order valence-corrected chi connectivity index (χ0v) is 16.1. The molecule has 3 aromatic rings. The highest BCUT2D eigenvalue weighted by Gasteiger charge is 2.40. The summed E-state index contributed by atoms with van der Waals surface area (Å²) < 4.78 is 41.4. The number of rotatable bonds is 4. The fourth-order valence-electron chi connectivity index (χ4n) is 2.90. The topological polar surface area (TPSA) is 64.7 Å². The van der Waals surface area contributed by atoms with Gasteiger partial charge in [0.15, 0.2) is 11.4 Å². The largest absolute Gasteiger partial charge is 0.434 e. The minimum atomic E-state index is -4.71. The summed E-state index contributed by atoms with van der Waals surface area (Å²) in [5, 5.41) is 9.81. The van der Waals surface area contributed by atoms with E-state index in [1.807, 2.05) is 30.7 Å². The van der Waals surface area contributed by atoms with Gasteiger partial charge in [0.25, 0.3) is 5.91 Å². The summed E-state index contributed by atoms with van der Waals surface area (Å²) in [6.07, 6.45) is -4.71. The van der Waals surface area contributed by atoms with Crippen LogP contribution in [0.25, 0.3) is 0 Å². The van der Waals surface area contributed by atoms with Crippen LogP contribution in [0.3, 0.4) is 0 Å². The second-order valence-electron chi connectivity index (χ2n) is 6.37. The number of nitrogens with zero attached hydrogens (tertiary/aromatic N) is 4. The van der Waals surface area contributed by atoms with Gasteiger partial charge in [0.2, 0.25) is 0 Å². The predicted octanol–water partition coefficient (Wildman–Crippen LogP) is 4.21. The number of carbonyl (C=O) groups excluding carboxylic acids is 1. The van der Waals surface area contributed by atoms with Gasteiger partial charge in [0.1, 0.15) is 5.02 Å². The molecule has 0 atom stereocenters. The van der Waals surface area contributed by atoms with Crippen LogP contribution in [0.2, 0.25) is 5.02 Å². The van der Waals surface area contributed by atoms with Gasteiger partial charge >= 0.3 is 6.18 Å². The van der Waals surface area contributed by atoms with Gasteiger partial charge < -0.3 is 5.32 Å². The Morgan fingerprint density at radius 2 is 1.93 bits per heavy atom. The maximum absolute atomic E-state index is 13.0. The van der Waals surface area contributed by atoms with Gasteiger partial charge in [-0.25, -0.2) is 0 Å². The van der Waals surface area contributed by atoms with Crippen LogP contribution in [0.5, 0.6) is 0 Å². The summed E-state index contributed by atoms with van der Waals surface area (Å²) in [6, 6.07) is 8.90.